The quantitative estimate of drug-likeness (QED) is 0.861. The van der Waals surface area contributed by atoms with Crippen molar-refractivity contribution < 1.29 is 19.4 Å². The van der Waals surface area contributed by atoms with E-state index in [2.05, 4.69) is 11.9 Å². The molecule has 0 aromatic heterocycles. The van der Waals surface area contributed by atoms with Crippen LogP contribution in [0.5, 0.6) is 11.5 Å². The lowest BCUT2D eigenvalue weighted by atomic mass is 9.84. The fourth-order valence-corrected chi connectivity index (χ4v) is 3.64. The Hall–Kier alpha value is -1.79. The van der Waals surface area contributed by atoms with E-state index in [1.807, 2.05) is 17.0 Å². The van der Waals surface area contributed by atoms with Gasteiger partial charge >= 0.3 is 0 Å². The minimum Gasteiger partial charge on any atom is -0.493 e. The predicted molar refractivity (Wildman–Crippen MR) is 85.6 cm³/mol. The van der Waals surface area contributed by atoms with Crippen LogP contribution in [-0.4, -0.2) is 73.4 Å². The number of rotatable bonds is 5. The maximum Gasteiger partial charge on any atom is 0.260 e. The van der Waals surface area contributed by atoms with Crippen molar-refractivity contribution >= 4 is 5.91 Å². The summed E-state index contributed by atoms with van der Waals surface area (Å²) < 4.78 is 10.8. The smallest absolute Gasteiger partial charge is 0.260 e. The number of benzene rings is 1. The summed E-state index contributed by atoms with van der Waals surface area (Å²) in [7, 11) is 3.65. The molecule has 1 N–H and O–H groups in total. The van der Waals surface area contributed by atoms with E-state index < -0.39 is 0 Å². The number of carbonyl (C=O) groups excluding carboxylic acids is 1. The Balaban J connectivity index is 1.51. The fourth-order valence-electron chi connectivity index (χ4n) is 3.64. The molecule has 2 aliphatic heterocycles. The number of aliphatic hydroxyl groups excluding tert-OH is 1. The molecular formula is C17H24N2O4. The van der Waals surface area contributed by atoms with Crippen LogP contribution >= 0.6 is 0 Å². The van der Waals surface area contributed by atoms with E-state index in [0.29, 0.717) is 30.5 Å². The second-order valence-corrected chi connectivity index (χ2v) is 6.55. The molecular weight excluding hydrogens is 296 g/mol. The van der Waals surface area contributed by atoms with Gasteiger partial charge in [-0.1, -0.05) is 12.1 Å². The van der Waals surface area contributed by atoms with Gasteiger partial charge in [-0.25, -0.2) is 0 Å². The number of carbonyl (C=O) groups is 1. The molecule has 1 amide bonds. The van der Waals surface area contributed by atoms with E-state index in [1.165, 1.54) is 0 Å². The highest BCUT2D eigenvalue weighted by Gasteiger charge is 2.52. The number of ether oxygens (including phenoxy) is 2. The molecule has 2 saturated heterocycles. The normalized spacial score (nSPS) is 22.9. The van der Waals surface area contributed by atoms with E-state index in [9.17, 15) is 9.90 Å². The van der Waals surface area contributed by atoms with Crippen LogP contribution in [0.1, 0.15) is 6.42 Å². The van der Waals surface area contributed by atoms with Crippen molar-refractivity contribution in [2.45, 2.75) is 12.0 Å². The number of methoxy groups -OCH3 is 1. The highest BCUT2D eigenvalue weighted by molar-refractivity contribution is 5.79. The van der Waals surface area contributed by atoms with Crippen LogP contribution in [0.2, 0.25) is 0 Å². The van der Waals surface area contributed by atoms with Crippen LogP contribution in [0.3, 0.4) is 0 Å². The van der Waals surface area contributed by atoms with Gasteiger partial charge in [-0.2, -0.15) is 0 Å². The first-order valence-corrected chi connectivity index (χ1v) is 7.93. The van der Waals surface area contributed by atoms with Crippen molar-refractivity contribution in [2.75, 3.05) is 47.0 Å². The van der Waals surface area contributed by atoms with Crippen LogP contribution in [0.4, 0.5) is 0 Å². The lowest BCUT2D eigenvalue weighted by molar-refractivity contribution is -0.145. The van der Waals surface area contributed by atoms with Crippen LogP contribution in [-0.2, 0) is 4.79 Å². The zero-order valence-electron chi connectivity index (χ0n) is 13.7. The van der Waals surface area contributed by atoms with Gasteiger partial charge < -0.3 is 19.5 Å². The van der Waals surface area contributed by atoms with Gasteiger partial charge in [0.25, 0.3) is 5.91 Å². The van der Waals surface area contributed by atoms with Crippen molar-refractivity contribution in [1.29, 1.82) is 0 Å². The van der Waals surface area contributed by atoms with E-state index in [4.69, 9.17) is 9.47 Å². The highest BCUT2D eigenvalue weighted by atomic mass is 16.5. The lowest BCUT2D eigenvalue weighted by Gasteiger charge is -2.51. The van der Waals surface area contributed by atoms with Gasteiger partial charge in [-0.05, 0) is 31.5 Å². The van der Waals surface area contributed by atoms with Gasteiger partial charge in [0, 0.05) is 26.2 Å². The maximum absolute atomic E-state index is 12.3. The van der Waals surface area contributed by atoms with Crippen LogP contribution in [0.25, 0.3) is 0 Å². The summed E-state index contributed by atoms with van der Waals surface area (Å²) in [6.07, 6.45) is 0.956. The van der Waals surface area contributed by atoms with Gasteiger partial charge in [-0.3, -0.25) is 9.69 Å². The van der Waals surface area contributed by atoms with Gasteiger partial charge in [0.15, 0.2) is 18.1 Å². The third kappa shape index (κ3) is 3.01. The number of amides is 1. The molecule has 0 aliphatic carbocycles. The second kappa shape index (κ2) is 6.37. The van der Waals surface area contributed by atoms with Crippen molar-refractivity contribution in [3.63, 3.8) is 0 Å². The summed E-state index contributed by atoms with van der Waals surface area (Å²) in [5.41, 5.74) is 0.0491. The number of aliphatic hydroxyl groups is 1. The number of likely N-dealkylation sites (N-methyl/N-ethyl adjacent to an activating group) is 1. The molecule has 1 aromatic rings. The van der Waals surface area contributed by atoms with Gasteiger partial charge in [0.1, 0.15) is 0 Å². The molecule has 1 spiro atoms. The Labute approximate surface area is 136 Å². The SMILES string of the molecule is COc1ccccc1OCC(=O)N1CC2(C[C@H](CO)CN2C)C1. The highest BCUT2D eigenvalue weighted by Crippen LogP contribution is 2.39. The molecule has 3 rings (SSSR count). The Kier molecular flexibility index (Phi) is 4.46. The zero-order chi connectivity index (χ0) is 16.4. The van der Waals surface area contributed by atoms with Gasteiger partial charge in [-0.15, -0.1) is 0 Å². The molecule has 0 bridgehead atoms. The van der Waals surface area contributed by atoms with Gasteiger partial charge in [0.2, 0.25) is 0 Å². The summed E-state index contributed by atoms with van der Waals surface area (Å²) in [6.45, 7) is 2.57. The summed E-state index contributed by atoms with van der Waals surface area (Å²) in [4.78, 5) is 16.4. The average Bonchev–Trinajstić information content (AvgIpc) is 2.88. The van der Waals surface area contributed by atoms with E-state index in [0.717, 1.165) is 13.0 Å². The second-order valence-electron chi connectivity index (χ2n) is 6.55. The molecule has 1 atom stereocenters. The van der Waals surface area contributed by atoms with Crippen molar-refractivity contribution in [3.05, 3.63) is 24.3 Å². The monoisotopic (exact) mass is 320 g/mol. The molecule has 1 aromatic carbocycles. The van der Waals surface area contributed by atoms with E-state index >= 15 is 0 Å². The van der Waals surface area contributed by atoms with Crippen LogP contribution < -0.4 is 9.47 Å². The first-order valence-electron chi connectivity index (χ1n) is 7.93. The molecule has 2 fully saturated rings. The first kappa shape index (κ1) is 16.1. The van der Waals surface area contributed by atoms with E-state index in [1.54, 1.807) is 19.2 Å². The van der Waals surface area contributed by atoms with Crippen LogP contribution in [0.15, 0.2) is 24.3 Å². The summed E-state index contributed by atoms with van der Waals surface area (Å²) >= 11 is 0. The largest absolute Gasteiger partial charge is 0.493 e. The Morgan fingerprint density at radius 2 is 2.04 bits per heavy atom. The minimum atomic E-state index is -0.0117. The van der Waals surface area contributed by atoms with Crippen molar-refractivity contribution in [3.8, 4) is 11.5 Å². The van der Waals surface area contributed by atoms with Crippen molar-refractivity contribution in [2.24, 2.45) is 5.92 Å². The molecule has 2 aliphatic rings. The first-order chi connectivity index (χ1) is 11.1. The summed E-state index contributed by atoms with van der Waals surface area (Å²) in [5.74, 6) is 1.52. The summed E-state index contributed by atoms with van der Waals surface area (Å²) in [6, 6.07) is 7.31. The van der Waals surface area contributed by atoms with Crippen molar-refractivity contribution in [1.82, 2.24) is 9.80 Å². The molecule has 0 radical (unpaired) electrons. The molecule has 23 heavy (non-hydrogen) atoms. The number of hydrogen-bond donors (Lipinski definition) is 1. The number of para-hydroxylation sites is 2. The molecule has 0 saturated carbocycles. The Morgan fingerprint density at radius 1 is 1.35 bits per heavy atom. The number of nitrogens with zero attached hydrogens (tertiary/aromatic N) is 2. The maximum atomic E-state index is 12.3. The molecule has 126 valence electrons. The average molecular weight is 320 g/mol. The van der Waals surface area contributed by atoms with Crippen LogP contribution in [0, 0.1) is 5.92 Å². The Morgan fingerprint density at radius 3 is 2.65 bits per heavy atom. The fraction of sp³-hybridized carbons (Fsp3) is 0.588. The molecule has 6 heteroatoms. The number of hydrogen-bond acceptors (Lipinski definition) is 5. The zero-order valence-corrected chi connectivity index (χ0v) is 13.7. The third-order valence-electron chi connectivity index (χ3n) is 5.01. The molecule has 0 unspecified atom stereocenters. The minimum absolute atomic E-state index is 0.0117. The Bertz CT molecular complexity index is 571. The molecule has 2 heterocycles. The van der Waals surface area contributed by atoms with E-state index in [-0.39, 0.29) is 24.7 Å². The predicted octanol–water partition coefficient (Wildman–Crippen LogP) is 0.599. The molecule has 6 nitrogen and oxygen atoms in total. The lowest BCUT2D eigenvalue weighted by Crippen LogP contribution is -2.68. The third-order valence-corrected chi connectivity index (χ3v) is 5.01. The topological polar surface area (TPSA) is 62.2 Å². The standard InChI is InChI=1S/C17H24N2O4/c1-18-8-13(9-20)7-17(18)11-19(12-17)16(21)10-23-15-6-4-3-5-14(15)22-2/h3-6,13,20H,7-12H2,1-2H3/t13-/m0/s1. The van der Waals surface area contributed by atoms with Gasteiger partial charge in [0.05, 0.1) is 12.6 Å². The number of likely N-dealkylation sites (tertiary alicyclic amines) is 2. The summed E-state index contributed by atoms with van der Waals surface area (Å²) in [5, 5.41) is 9.33.